The van der Waals surface area contributed by atoms with Crippen LogP contribution >= 0.6 is 0 Å². The van der Waals surface area contributed by atoms with Crippen LogP contribution in [0.4, 0.5) is 11.6 Å². The van der Waals surface area contributed by atoms with Gasteiger partial charge in [0.1, 0.15) is 11.6 Å². The zero-order chi connectivity index (χ0) is 27.8. The molecule has 0 bridgehead atoms. The topological polar surface area (TPSA) is 100 Å². The van der Waals surface area contributed by atoms with Gasteiger partial charge in [-0.15, -0.1) is 0 Å². The van der Waals surface area contributed by atoms with E-state index < -0.39 is 0 Å². The molecule has 3 saturated heterocycles. The highest BCUT2D eigenvalue weighted by molar-refractivity contribution is 6.05. The minimum atomic E-state index is -0.187. The highest BCUT2D eigenvalue weighted by Crippen LogP contribution is 2.36. The van der Waals surface area contributed by atoms with Crippen LogP contribution in [-0.2, 0) is 18.3 Å². The minimum absolute atomic E-state index is 0.187. The minimum Gasteiger partial charge on any atom is -0.379 e. The molecule has 212 valence electrons. The van der Waals surface area contributed by atoms with Gasteiger partial charge in [-0.2, -0.15) is 5.10 Å². The van der Waals surface area contributed by atoms with E-state index in [-0.39, 0.29) is 5.91 Å². The van der Waals surface area contributed by atoms with Crippen LogP contribution in [0.1, 0.15) is 28.9 Å². The summed E-state index contributed by atoms with van der Waals surface area (Å²) in [6, 6.07) is 11.9. The molecule has 1 amide bonds. The van der Waals surface area contributed by atoms with E-state index in [4.69, 9.17) is 4.74 Å². The number of carbonyl (C=O) groups is 1. The van der Waals surface area contributed by atoms with Gasteiger partial charge in [0.15, 0.2) is 0 Å². The molecular weight excluding hydrogens is 516 g/mol. The second-order valence-electron chi connectivity index (χ2n) is 11.6. The Labute approximate surface area is 239 Å². The smallest absolute Gasteiger partial charge is 0.257 e. The number of benzene rings is 1. The molecule has 3 aromatic heterocycles. The summed E-state index contributed by atoms with van der Waals surface area (Å²) in [5.74, 6) is 1.20. The van der Waals surface area contributed by atoms with Crippen molar-refractivity contribution in [1.29, 1.82) is 0 Å². The van der Waals surface area contributed by atoms with E-state index in [9.17, 15) is 4.79 Å². The fourth-order valence-electron chi connectivity index (χ4n) is 6.20. The zero-order valence-corrected chi connectivity index (χ0v) is 23.5. The predicted octanol–water partition coefficient (Wildman–Crippen LogP) is 3.30. The summed E-state index contributed by atoms with van der Waals surface area (Å²) in [7, 11) is 2.00. The lowest BCUT2D eigenvalue weighted by Gasteiger charge is -2.48. The maximum absolute atomic E-state index is 13.2. The Morgan fingerprint density at radius 1 is 1.00 bits per heavy atom. The number of nitrogens with zero attached hydrogens (tertiary/aromatic N) is 6. The van der Waals surface area contributed by atoms with Gasteiger partial charge in [-0.25, -0.2) is 9.97 Å². The molecule has 41 heavy (non-hydrogen) atoms. The van der Waals surface area contributed by atoms with Crippen LogP contribution in [0.3, 0.4) is 0 Å². The van der Waals surface area contributed by atoms with E-state index in [1.54, 1.807) is 12.3 Å². The number of anilines is 2. The first-order chi connectivity index (χ1) is 20.1. The Bertz CT molecular complexity index is 1560. The van der Waals surface area contributed by atoms with Crippen molar-refractivity contribution in [3.05, 3.63) is 66.2 Å². The quantitative estimate of drug-likeness (QED) is 0.376. The van der Waals surface area contributed by atoms with Gasteiger partial charge in [-0.1, -0.05) is 12.1 Å². The lowest BCUT2D eigenvalue weighted by atomic mass is 9.73. The normalized spacial score (nSPS) is 18.9. The van der Waals surface area contributed by atoms with Crippen molar-refractivity contribution in [3.63, 3.8) is 0 Å². The van der Waals surface area contributed by atoms with Gasteiger partial charge in [0.25, 0.3) is 5.91 Å². The van der Waals surface area contributed by atoms with Crippen molar-refractivity contribution in [2.45, 2.75) is 19.4 Å². The number of nitrogens with one attached hydrogen (secondary N) is 2. The second-order valence-corrected chi connectivity index (χ2v) is 11.6. The number of hydrogen-bond acceptors (Lipinski definition) is 8. The van der Waals surface area contributed by atoms with Gasteiger partial charge in [-0.3, -0.25) is 14.4 Å². The first-order valence-electron chi connectivity index (χ1n) is 14.5. The molecule has 10 nitrogen and oxygen atoms in total. The predicted molar refractivity (Wildman–Crippen MR) is 159 cm³/mol. The van der Waals surface area contributed by atoms with Gasteiger partial charge in [0.05, 0.1) is 25.1 Å². The summed E-state index contributed by atoms with van der Waals surface area (Å²) in [5.41, 5.74) is 4.44. The van der Waals surface area contributed by atoms with Crippen molar-refractivity contribution in [3.8, 4) is 11.1 Å². The Hall–Kier alpha value is -3.86. The molecule has 1 spiro atoms. The molecule has 0 radical (unpaired) electrons. The third kappa shape index (κ3) is 5.30. The molecule has 1 aromatic carbocycles. The summed E-state index contributed by atoms with van der Waals surface area (Å²) < 4.78 is 7.48. The van der Waals surface area contributed by atoms with E-state index in [1.165, 1.54) is 5.69 Å². The molecule has 0 atom stereocenters. The van der Waals surface area contributed by atoms with Crippen LogP contribution in [0.25, 0.3) is 21.9 Å². The third-order valence-corrected chi connectivity index (χ3v) is 8.97. The Morgan fingerprint density at radius 2 is 1.83 bits per heavy atom. The van der Waals surface area contributed by atoms with Gasteiger partial charge < -0.3 is 20.3 Å². The molecule has 3 aliphatic heterocycles. The molecule has 0 saturated carbocycles. The molecule has 2 N–H and O–H groups in total. The molecule has 3 aliphatic rings. The average molecular weight is 553 g/mol. The van der Waals surface area contributed by atoms with Crippen molar-refractivity contribution in [1.82, 2.24) is 30.0 Å². The Morgan fingerprint density at radius 3 is 2.61 bits per heavy atom. The number of fused-ring (bicyclic) bond motifs is 1. The number of carbonyl (C=O) groups excluding carboxylic acids is 1. The highest BCUT2D eigenvalue weighted by atomic mass is 16.5. The molecular formula is C31H36N8O2. The van der Waals surface area contributed by atoms with E-state index in [2.05, 4.69) is 53.7 Å². The molecule has 0 aliphatic carbocycles. The largest absolute Gasteiger partial charge is 0.379 e. The summed E-state index contributed by atoms with van der Waals surface area (Å²) in [4.78, 5) is 27.0. The second kappa shape index (κ2) is 10.8. The average Bonchev–Trinajstić information content (AvgIpc) is 3.36. The number of amides is 1. The number of piperidine rings is 1. The lowest BCUT2D eigenvalue weighted by molar-refractivity contribution is 0.0332. The van der Waals surface area contributed by atoms with Crippen molar-refractivity contribution in [2.24, 2.45) is 12.5 Å². The number of morpholine rings is 1. The van der Waals surface area contributed by atoms with E-state index in [1.807, 2.05) is 36.3 Å². The highest BCUT2D eigenvalue weighted by Gasteiger charge is 2.39. The zero-order valence-electron chi connectivity index (χ0n) is 23.5. The molecule has 4 aromatic rings. The van der Waals surface area contributed by atoms with E-state index in [0.717, 1.165) is 99.6 Å². The molecule has 0 unspecified atom stereocenters. The number of aryl methyl sites for hydroxylation is 1. The van der Waals surface area contributed by atoms with E-state index in [0.29, 0.717) is 16.8 Å². The first kappa shape index (κ1) is 26.1. The summed E-state index contributed by atoms with van der Waals surface area (Å²) >= 11 is 0. The molecule has 3 fully saturated rings. The monoisotopic (exact) mass is 552 g/mol. The van der Waals surface area contributed by atoms with E-state index >= 15 is 0 Å². The van der Waals surface area contributed by atoms with Crippen LogP contribution in [-0.4, -0.2) is 83.0 Å². The summed E-state index contributed by atoms with van der Waals surface area (Å²) in [6.45, 7) is 8.39. The van der Waals surface area contributed by atoms with Crippen LogP contribution in [0.2, 0.25) is 0 Å². The fraction of sp³-hybridized carbons (Fsp3) is 0.419. The van der Waals surface area contributed by atoms with Crippen molar-refractivity contribution in [2.75, 3.05) is 62.7 Å². The summed E-state index contributed by atoms with van der Waals surface area (Å²) in [5, 5.41) is 13.0. The SMILES string of the molecule is Cn1ncc(-c2ccc3cnc(NC(=O)c4ccnc(N5CCC6(CC5)CNC6)c4)cc3c2)c1CN1CCOCC1. The van der Waals surface area contributed by atoms with Crippen molar-refractivity contribution >= 4 is 28.3 Å². The number of aromatic nitrogens is 4. The lowest BCUT2D eigenvalue weighted by Crippen LogP contribution is -2.58. The first-order valence-corrected chi connectivity index (χ1v) is 14.5. The number of hydrogen-bond donors (Lipinski definition) is 2. The summed E-state index contributed by atoms with van der Waals surface area (Å²) in [6.07, 6.45) is 7.79. The van der Waals surface area contributed by atoms with Gasteiger partial charge in [0.2, 0.25) is 0 Å². The van der Waals surface area contributed by atoms with Crippen LogP contribution in [0, 0.1) is 5.41 Å². The van der Waals surface area contributed by atoms with Gasteiger partial charge in [0, 0.05) is 81.8 Å². The maximum atomic E-state index is 13.2. The Balaban J connectivity index is 1.08. The van der Waals surface area contributed by atoms with Crippen molar-refractivity contribution < 1.29 is 9.53 Å². The number of rotatable bonds is 6. The third-order valence-electron chi connectivity index (χ3n) is 8.97. The standard InChI is InChI=1S/C31H36N8O2/c1-37-27(19-38-10-12-41-13-11-38)26(18-35-37)22-2-3-24-17-34-28(15-25(24)14-22)36-30(40)23-4-7-33-29(16-23)39-8-5-31(6-9-39)20-32-21-31/h2-4,7,14-18,32H,5-6,8-13,19-21H2,1H3,(H,34,36,40). The molecule has 7 rings (SSSR count). The molecule has 10 heteroatoms. The van der Waals surface area contributed by atoms with Gasteiger partial charge in [-0.05, 0) is 53.5 Å². The van der Waals surface area contributed by atoms with Crippen LogP contribution < -0.4 is 15.5 Å². The number of ether oxygens (including phenoxy) is 1. The van der Waals surface area contributed by atoms with Gasteiger partial charge >= 0.3 is 0 Å². The fourth-order valence-corrected chi connectivity index (χ4v) is 6.20. The maximum Gasteiger partial charge on any atom is 0.257 e. The molecule has 6 heterocycles. The van der Waals surface area contributed by atoms with Crippen LogP contribution in [0.5, 0.6) is 0 Å². The van der Waals surface area contributed by atoms with Crippen LogP contribution in [0.15, 0.2) is 55.0 Å². The number of pyridine rings is 2. The Kier molecular flexibility index (Phi) is 6.90.